The van der Waals surface area contributed by atoms with Crippen molar-refractivity contribution in [2.24, 2.45) is 5.92 Å². The third-order valence-corrected chi connectivity index (χ3v) is 6.19. The van der Waals surface area contributed by atoms with Gasteiger partial charge in [-0.05, 0) is 25.3 Å². The van der Waals surface area contributed by atoms with E-state index in [1.807, 2.05) is 27.7 Å². The Morgan fingerprint density at radius 3 is 2.54 bits per heavy atom. The third-order valence-electron chi connectivity index (χ3n) is 4.13. The van der Waals surface area contributed by atoms with E-state index < -0.39 is 0 Å². The highest BCUT2D eigenvalue weighted by Gasteiger charge is 2.18. The van der Waals surface area contributed by atoms with Crippen LogP contribution in [0, 0.1) is 19.8 Å². The van der Waals surface area contributed by atoms with E-state index in [2.05, 4.69) is 24.0 Å². The van der Waals surface area contributed by atoms with Crippen LogP contribution in [0.15, 0.2) is 14.5 Å². The van der Waals surface area contributed by atoms with Gasteiger partial charge in [0.2, 0.25) is 5.89 Å². The van der Waals surface area contributed by atoms with E-state index in [4.69, 9.17) is 9.51 Å². The van der Waals surface area contributed by atoms with Crippen LogP contribution in [-0.4, -0.2) is 19.7 Å². The van der Waals surface area contributed by atoms with Crippen molar-refractivity contribution in [3.05, 3.63) is 32.5 Å². The van der Waals surface area contributed by atoms with Crippen molar-refractivity contribution < 1.29 is 4.52 Å². The first-order valence-corrected chi connectivity index (χ1v) is 10.5. The van der Waals surface area contributed by atoms with E-state index in [-0.39, 0.29) is 11.5 Å². The van der Waals surface area contributed by atoms with Gasteiger partial charge < -0.3 is 4.52 Å². The van der Waals surface area contributed by atoms with Crippen molar-refractivity contribution in [1.29, 1.82) is 0 Å². The highest BCUT2D eigenvalue weighted by atomic mass is 32.2. The van der Waals surface area contributed by atoms with Gasteiger partial charge >= 0.3 is 0 Å². The summed E-state index contributed by atoms with van der Waals surface area (Å²) in [6.07, 6.45) is 0. The maximum atomic E-state index is 13.1. The molecule has 3 heterocycles. The van der Waals surface area contributed by atoms with Gasteiger partial charge in [0.1, 0.15) is 4.83 Å². The third kappa shape index (κ3) is 3.71. The monoisotopic (exact) mass is 392 g/mol. The molecule has 3 aromatic rings. The Bertz CT molecular complexity index is 985. The van der Waals surface area contributed by atoms with Crippen LogP contribution in [0.2, 0.25) is 0 Å². The van der Waals surface area contributed by atoms with Crippen molar-refractivity contribution in [1.82, 2.24) is 19.7 Å². The molecule has 0 N–H and O–H groups in total. The van der Waals surface area contributed by atoms with Crippen LogP contribution in [0.5, 0.6) is 0 Å². The first kappa shape index (κ1) is 19.1. The molecule has 0 amide bonds. The average molecular weight is 393 g/mol. The van der Waals surface area contributed by atoms with Gasteiger partial charge in [0.05, 0.1) is 11.1 Å². The molecule has 0 unspecified atom stereocenters. The summed E-state index contributed by atoms with van der Waals surface area (Å²) in [5.74, 6) is 2.33. The second-order valence-corrected chi connectivity index (χ2v) is 9.30. The fraction of sp³-hybridized carbons (Fsp3) is 0.556. The van der Waals surface area contributed by atoms with E-state index in [1.165, 1.54) is 11.8 Å². The zero-order valence-corrected chi connectivity index (χ0v) is 17.6. The summed E-state index contributed by atoms with van der Waals surface area (Å²) in [6.45, 7) is 12.9. The molecule has 26 heavy (non-hydrogen) atoms. The molecule has 3 aromatic heterocycles. The van der Waals surface area contributed by atoms with Crippen LogP contribution in [-0.2, 0) is 12.3 Å². The molecule has 0 atom stereocenters. The Morgan fingerprint density at radius 1 is 1.19 bits per heavy atom. The smallest absolute Gasteiger partial charge is 0.263 e. The number of nitrogens with zero attached hydrogens (tertiary/aromatic N) is 4. The molecule has 3 rings (SSSR count). The number of aromatic nitrogens is 4. The summed E-state index contributed by atoms with van der Waals surface area (Å²) in [7, 11) is 0. The van der Waals surface area contributed by atoms with E-state index >= 15 is 0 Å². The van der Waals surface area contributed by atoms with Crippen molar-refractivity contribution >= 4 is 33.3 Å². The van der Waals surface area contributed by atoms with Crippen LogP contribution < -0.4 is 5.56 Å². The van der Waals surface area contributed by atoms with Crippen molar-refractivity contribution in [3.8, 4) is 0 Å². The zero-order valence-electron chi connectivity index (χ0n) is 16.0. The minimum Gasteiger partial charge on any atom is -0.338 e. The average Bonchev–Trinajstić information content (AvgIpc) is 3.14. The summed E-state index contributed by atoms with van der Waals surface area (Å²) in [5, 5.41) is 5.45. The predicted molar refractivity (Wildman–Crippen MR) is 106 cm³/mol. The van der Waals surface area contributed by atoms with Crippen LogP contribution in [0.25, 0.3) is 10.2 Å². The standard InChI is InChI=1S/C18H24N4O2S2/c1-9(2)7-22-17(23)14-11(5)12(6)26-16(14)20-18(22)25-8-13-19-15(10(3)4)21-24-13/h9-10H,7-8H2,1-6H3. The van der Waals surface area contributed by atoms with Gasteiger partial charge in [-0.2, -0.15) is 4.98 Å². The van der Waals surface area contributed by atoms with Crippen LogP contribution in [0.3, 0.4) is 0 Å². The van der Waals surface area contributed by atoms with Gasteiger partial charge in [-0.15, -0.1) is 11.3 Å². The quantitative estimate of drug-likeness (QED) is 0.453. The molecule has 0 aliphatic carbocycles. The lowest BCUT2D eigenvalue weighted by Crippen LogP contribution is -2.25. The second-order valence-electron chi connectivity index (χ2n) is 7.16. The summed E-state index contributed by atoms with van der Waals surface area (Å²) >= 11 is 3.05. The summed E-state index contributed by atoms with van der Waals surface area (Å²) in [6, 6.07) is 0. The molecule has 8 heteroatoms. The lowest BCUT2D eigenvalue weighted by molar-refractivity contribution is 0.382. The Hall–Kier alpha value is -1.67. The Balaban J connectivity index is 1.98. The fourth-order valence-corrected chi connectivity index (χ4v) is 4.55. The molecule has 0 fully saturated rings. The Morgan fingerprint density at radius 2 is 1.92 bits per heavy atom. The van der Waals surface area contributed by atoms with Gasteiger partial charge in [0.15, 0.2) is 11.0 Å². The minimum absolute atomic E-state index is 0.0430. The highest BCUT2D eigenvalue weighted by molar-refractivity contribution is 7.98. The van der Waals surface area contributed by atoms with Gasteiger partial charge in [-0.3, -0.25) is 9.36 Å². The fourth-order valence-electron chi connectivity index (χ4n) is 2.63. The van der Waals surface area contributed by atoms with Crippen molar-refractivity contribution in [2.45, 2.75) is 64.9 Å². The number of aryl methyl sites for hydroxylation is 2. The van der Waals surface area contributed by atoms with E-state index in [0.29, 0.717) is 35.1 Å². The Labute approximate surface area is 161 Å². The number of thioether (sulfide) groups is 1. The topological polar surface area (TPSA) is 73.8 Å². The molecule has 140 valence electrons. The van der Waals surface area contributed by atoms with Crippen LogP contribution in [0.4, 0.5) is 0 Å². The van der Waals surface area contributed by atoms with Gasteiger partial charge in [0, 0.05) is 17.3 Å². The Kier molecular flexibility index (Phi) is 5.53. The predicted octanol–water partition coefficient (Wildman–Crippen LogP) is 4.53. The largest absolute Gasteiger partial charge is 0.338 e. The molecular formula is C18H24N4O2S2. The first-order chi connectivity index (χ1) is 12.3. The lowest BCUT2D eigenvalue weighted by atomic mass is 10.2. The van der Waals surface area contributed by atoms with Crippen molar-refractivity contribution in [3.63, 3.8) is 0 Å². The van der Waals surface area contributed by atoms with E-state index in [9.17, 15) is 4.79 Å². The summed E-state index contributed by atoms with van der Waals surface area (Å²) in [4.78, 5) is 24.2. The number of fused-ring (bicyclic) bond motifs is 1. The molecule has 6 nitrogen and oxygen atoms in total. The molecule has 0 aromatic carbocycles. The minimum atomic E-state index is 0.0430. The van der Waals surface area contributed by atoms with Gasteiger partial charge in [-0.1, -0.05) is 44.6 Å². The number of rotatable bonds is 6. The maximum absolute atomic E-state index is 13.1. The molecule has 0 aliphatic heterocycles. The zero-order chi connectivity index (χ0) is 19.0. The number of hydrogen-bond donors (Lipinski definition) is 0. The molecule has 0 saturated heterocycles. The molecule has 0 spiro atoms. The normalized spacial score (nSPS) is 12.0. The molecule has 0 bridgehead atoms. The lowest BCUT2D eigenvalue weighted by Gasteiger charge is -2.13. The van der Waals surface area contributed by atoms with E-state index in [1.54, 1.807) is 15.9 Å². The second kappa shape index (κ2) is 7.52. The number of thiophene rings is 1. The molecular weight excluding hydrogens is 368 g/mol. The van der Waals surface area contributed by atoms with E-state index in [0.717, 1.165) is 20.7 Å². The SMILES string of the molecule is Cc1sc2nc(SCc3nc(C(C)C)no3)n(CC(C)C)c(=O)c2c1C. The highest BCUT2D eigenvalue weighted by Crippen LogP contribution is 2.29. The first-order valence-electron chi connectivity index (χ1n) is 8.73. The summed E-state index contributed by atoms with van der Waals surface area (Å²) < 4.78 is 7.10. The number of hydrogen-bond acceptors (Lipinski definition) is 7. The van der Waals surface area contributed by atoms with Gasteiger partial charge in [-0.25, -0.2) is 4.98 Å². The van der Waals surface area contributed by atoms with Crippen LogP contribution in [0.1, 0.15) is 55.8 Å². The molecule has 0 aliphatic rings. The summed E-state index contributed by atoms with van der Waals surface area (Å²) in [5.41, 5.74) is 1.08. The molecule has 0 radical (unpaired) electrons. The van der Waals surface area contributed by atoms with Crippen LogP contribution >= 0.6 is 23.1 Å². The maximum Gasteiger partial charge on any atom is 0.263 e. The van der Waals surface area contributed by atoms with Gasteiger partial charge in [0.25, 0.3) is 5.56 Å². The van der Waals surface area contributed by atoms with Crippen molar-refractivity contribution in [2.75, 3.05) is 0 Å². The molecule has 0 saturated carbocycles.